The van der Waals surface area contributed by atoms with Gasteiger partial charge < -0.3 is 14.8 Å². The van der Waals surface area contributed by atoms with Gasteiger partial charge in [0.05, 0.1) is 4.90 Å². The molecule has 1 aromatic rings. The highest BCUT2D eigenvalue weighted by atomic mass is 32.2. The third-order valence-electron chi connectivity index (χ3n) is 3.41. The van der Waals surface area contributed by atoms with Crippen molar-refractivity contribution in [3.63, 3.8) is 0 Å². The lowest BCUT2D eigenvalue weighted by molar-refractivity contribution is 0.358. The number of hydrogen-bond donors (Lipinski definition) is 2. The molecular weight excluding hydrogens is 288 g/mol. The molecule has 1 aromatic heterocycles. The number of rotatable bonds is 9. The third kappa shape index (κ3) is 5.78. The Bertz CT molecular complexity index is 537. The first-order valence-electron chi connectivity index (χ1n) is 7.33. The van der Waals surface area contributed by atoms with Crippen LogP contribution < -0.4 is 10.0 Å². The van der Waals surface area contributed by atoms with E-state index in [2.05, 4.69) is 28.8 Å². The Kier molecular flexibility index (Phi) is 6.86. The summed E-state index contributed by atoms with van der Waals surface area (Å²) < 4.78 is 29.0. The number of hydrogen-bond acceptors (Lipinski definition) is 4. The molecule has 0 atom stereocenters. The SMILES string of the molecule is CCN(C)CCNS(=O)(=O)c1cc(CNC(C)C)n(C)c1. The summed E-state index contributed by atoms with van der Waals surface area (Å²) in [6.07, 6.45) is 1.66. The van der Waals surface area contributed by atoms with Gasteiger partial charge in [-0.15, -0.1) is 0 Å². The highest BCUT2D eigenvalue weighted by Crippen LogP contribution is 2.13. The summed E-state index contributed by atoms with van der Waals surface area (Å²) in [6.45, 7) is 8.84. The molecule has 6 nitrogen and oxygen atoms in total. The van der Waals surface area contributed by atoms with E-state index in [4.69, 9.17) is 0 Å². The summed E-state index contributed by atoms with van der Waals surface area (Å²) in [7, 11) is 0.397. The Morgan fingerprint density at radius 1 is 1.38 bits per heavy atom. The maximum absolute atomic E-state index is 12.2. The van der Waals surface area contributed by atoms with Crippen LogP contribution in [0.25, 0.3) is 0 Å². The van der Waals surface area contributed by atoms with E-state index in [9.17, 15) is 8.42 Å². The molecule has 0 aromatic carbocycles. The molecule has 2 N–H and O–H groups in total. The molecular formula is C14H28N4O2S. The van der Waals surface area contributed by atoms with Gasteiger partial charge in [-0.3, -0.25) is 0 Å². The molecule has 0 unspecified atom stereocenters. The van der Waals surface area contributed by atoms with Gasteiger partial charge in [-0.2, -0.15) is 0 Å². The van der Waals surface area contributed by atoms with Crippen LogP contribution in [0.1, 0.15) is 26.5 Å². The second kappa shape index (κ2) is 7.93. The summed E-state index contributed by atoms with van der Waals surface area (Å²) in [6, 6.07) is 2.09. The van der Waals surface area contributed by atoms with Gasteiger partial charge >= 0.3 is 0 Å². The van der Waals surface area contributed by atoms with Crippen molar-refractivity contribution >= 4 is 10.0 Å². The van der Waals surface area contributed by atoms with Crippen molar-refractivity contribution in [1.82, 2.24) is 19.5 Å². The zero-order valence-electron chi connectivity index (χ0n) is 13.7. The van der Waals surface area contributed by atoms with E-state index < -0.39 is 10.0 Å². The number of nitrogens with one attached hydrogen (secondary N) is 2. The minimum absolute atomic E-state index is 0.324. The maximum Gasteiger partial charge on any atom is 0.242 e. The number of aromatic nitrogens is 1. The van der Waals surface area contributed by atoms with Crippen LogP contribution in [-0.4, -0.2) is 50.6 Å². The van der Waals surface area contributed by atoms with E-state index in [1.165, 1.54) is 0 Å². The fourth-order valence-corrected chi connectivity index (χ4v) is 2.94. The molecule has 0 saturated carbocycles. The summed E-state index contributed by atoms with van der Waals surface area (Å²) >= 11 is 0. The van der Waals surface area contributed by atoms with Crippen LogP contribution in [0, 0.1) is 0 Å². The molecule has 122 valence electrons. The first-order valence-corrected chi connectivity index (χ1v) is 8.81. The molecule has 0 amide bonds. The van der Waals surface area contributed by atoms with Gasteiger partial charge in [0.15, 0.2) is 0 Å². The average Bonchev–Trinajstić information content (AvgIpc) is 2.78. The fourth-order valence-electron chi connectivity index (χ4n) is 1.82. The van der Waals surface area contributed by atoms with Crippen LogP contribution in [0.4, 0.5) is 0 Å². The minimum atomic E-state index is -3.43. The lowest BCUT2D eigenvalue weighted by Crippen LogP contribution is -2.32. The third-order valence-corrected chi connectivity index (χ3v) is 4.84. The van der Waals surface area contributed by atoms with E-state index in [-0.39, 0.29) is 0 Å². The second-order valence-electron chi connectivity index (χ2n) is 5.61. The van der Waals surface area contributed by atoms with Crippen molar-refractivity contribution in [3.8, 4) is 0 Å². The summed E-state index contributed by atoms with van der Waals surface area (Å²) in [5, 5.41) is 3.29. The van der Waals surface area contributed by atoms with Crippen LogP contribution in [0.15, 0.2) is 17.2 Å². The molecule has 0 bridgehead atoms. The predicted molar refractivity (Wildman–Crippen MR) is 85.7 cm³/mol. The van der Waals surface area contributed by atoms with Crippen molar-refractivity contribution in [1.29, 1.82) is 0 Å². The Morgan fingerprint density at radius 3 is 2.62 bits per heavy atom. The number of nitrogens with zero attached hydrogens (tertiary/aromatic N) is 2. The molecule has 0 aliphatic rings. The van der Waals surface area contributed by atoms with Crippen molar-refractivity contribution < 1.29 is 8.42 Å². The monoisotopic (exact) mass is 316 g/mol. The lowest BCUT2D eigenvalue weighted by Gasteiger charge is -2.13. The molecule has 1 heterocycles. The molecule has 7 heteroatoms. The molecule has 0 saturated heterocycles. The largest absolute Gasteiger partial charge is 0.352 e. The molecule has 1 rings (SSSR count). The zero-order valence-corrected chi connectivity index (χ0v) is 14.5. The normalized spacial score (nSPS) is 12.5. The summed E-state index contributed by atoms with van der Waals surface area (Å²) in [4.78, 5) is 2.38. The number of likely N-dealkylation sites (N-methyl/N-ethyl adjacent to an activating group) is 1. The van der Waals surface area contributed by atoms with E-state index in [1.807, 2.05) is 25.6 Å². The summed E-state index contributed by atoms with van der Waals surface area (Å²) in [5.74, 6) is 0. The van der Waals surface area contributed by atoms with E-state index in [0.717, 1.165) is 12.2 Å². The first-order chi connectivity index (χ1) is 9.76. The standard InChI is InChI=1S/C14H28N4O2S/c1-6-17(4)8-7-16-21(19,20)14-9-13(18(5)11-14)10-15-12(2)3/h9,11-12,15-16H,6-8,10H2,1-5H3. The van der Waals surface area contributed by atoms with Crippen molar-refractivity contribution in [3.05, 3.63) is 18.0 Å². The second-order valence-corrected chi connectivity index (χ2v) is 7.37. The van der Waals surface area contributed by atoms with Gasteiger partial charge in [0.2, 0.25) is 10.0 Å². The van der Waals surface area contributed by atoms with Crippen molar-refractivity contribution in [2.45, 2.75) is 38.3 Å². The van der Waals surface area contributed by atoms with Gasteiger partial charge in [0.1, 0.15) is 0 Å². The fraction of sp³-hybridized carbons (Fsp3) is 0.714. The lowest BCUT2D eigenvalue weighted by atomic mass is 10.3. The maximum atomic E-state index is 12.2. The topological polar surface area (TPSA) is 66.4 Å². The molecule has 0 aliphatic carbocycles. The molecule has 0 fully saturated rings. The number of aryl methyl sites for hydroxylation is 1. The Morgan fingerprint density at radius 2 is 2.05 bits per heavy atom. The Hall–Kier alpha value is -0.890. The highest BCUT2D eigenvalue weighted by molar-refractivity contribution is 7.89. The van der Waals surface area contributed by atoms with Gasteiger partial charge in [0, 0.05) is 44.6 Å². The predicted octanol–water partition coefficient (Wildman–Crippen LogP) is 0.753. The van der Waals surface area contributed by atoms with E-state index in [1.54, 1.807) is 12.3 Å². The van der Waals surface area contributed by atoms with Gasteiger partial charge in [0.25, 0.3) is 0 Å². The van der Waals surface area contributed by atoms with Gasteiger partial charge in [-0.1, -0.05) is 20.8 Å². The molecule has 0 spiro atoms. The minimum Gasteiger partial charge on any atom is -0.352 e. The van der Waals surface area contributed by atoms with Crippen LogP contribution in [0.3, 0.4) is 0 Å². The highest BCUT2D eigenvalue weighted by Gasteiger charge is 2.17. The van der Waals surface area contributed by atoms with Crippen LogP contribution in [0.5, 0.6) is 0 Å². The van der Waals surface area contributed by atoms with Gasteiger partial charge in [-0.05, 0) is 19.7 Å². The van der Waals surface area contributed by atoms with Crippen molar-refractivity contribution in [2.75, 3.05) is 26.7 Å². The van der Waals surface area contributed by atoms with Crippen LogP contribution >= 0.6 is 0 Å². The van der Waals surface area contributed by atoms with Crippen molar-refractivity contribution in [2.24, 2.45) is 7.05 Å². The number of sulfonamides is 1. The Labute approximate surface area is 128 Å². The van der Waals surface area contributed by atoms with Crippen LogP contribution in [-0.2, 0) is 23.6 Å². The van der Waals surface area contributed by atoms with E-state index in [0.29, 0.717) is 30.6 Å². The Balaban J connectivity index is 2.68. The average molecular weight is 316 g/mol. The zero-order chi connectivity index (χ0) is 16.0. The van der Waals surface area contributed by atoms with Gasteiger partial charge in [-0.25, -0.2) is 13.1 Å². The van der Waals surface area contributed by atoms with E-state index >= 15 is 0 Å². The summed E-state index contributed by atoms with van der Waals surface area (Å²) in [5.41, 5.74) is 0.953. The molecule has 0 radical (unpaired) electrons. The van der Waals surface area contributed by atoms with Crippen LogP contribution in [0.2, 0.25) is 0 Å². The smallest absolute Gasteiger partial charge is 0.242 e. The molecule has 21 heavy (non-hydrogen) atoms. The first kappa shape index (κ1) is 18.2. The molecule has 0 aliphatic heterocycles. The quantitative estimate of drug-likeness (QED) is 0.706.